The molecule has 0 saturated heterocycles. The normalized spacial score (nSPS) is 17.7. The van der Waals surface area contributed by atoms with Crippen LogP contribution in [0.3, 0.4) is 0 Å². The Bertz CT molecular complexity index is 1240. The minimum absolute atomic E-state index is 0.166. The smallest absolute Gasteiger partial charge is 0.243 e. The van der Waals surface area contributed by atoms with Gasteiger partial charge < -0.3 is 10.1 Å². The lowest BCUT2D eigenvalue weighted by Crippen LogP contribution is -2.44. The molecular formula is C24H26N2O4S. The standard InChI is InChI=1S/C24H26N2O4S/c1-24(2)15-21(20-10-6-7-11-22(20)30-24)25-23(27)16-26(3)31(28,29)19-13-12-17-8-4-5-9-18(17)14-19/h4-14,21H,15-16H2,1-3H3,(H,25,27). The molecule has 4 rings (SSSR count). The number of benzene rings is 3. The number of hydrogen-bond acceptors (Lipinski definition) is 4. The molecule has 3 aromatic carbocycles. The molecular weight excluding hydrogens is 412 g/mol. The van der Waals surface area contributed by atoms with E-state index in [-0.39, 0.29) is 23.4 Å². The largest absolute Gasteiger partial charge is 0.487 e. The van der Waals surface area contributed by atoms with Crippen LogP contribution in [0.2, 0.25) is 0 Å². The second-order valence-electron chi connectivity index (χ2n) is 8.49. The summed E-state index contributed by atoms with van der Waals surface area (Å²) >= 11 is 0. The second-order valence-corrected chi connectivity index (χ2v) is 10.5. The molecule has 1 aliphatic rings. The zero-order valence-corrected chi connectivity index (χ0v) is 18.6. The van der Waals surface area contributed by atoms with E-state index in [4.69, 9.17) is 4.74 Å². The van der Waals surface area contributed by atoms with Crippen molar-refractivity contribution in [3.63, 3.8) is 0 Å². The Morgan fingerprint density at radius 3 is 2.52 bits per heavy atom. The Kier molecular flexibility index (Phi) is 5.49. The lowest BCUT2D eigenvalue weighted by Gasteiger charge is -2.38. The number of nitrogens with zero attached hydrogens (tertiary/aromatic N) is 1. The summed E-state index contributed by atoms with van der Waals surface area (Å²) in [5.74, 6) is 0.380. The first kappa shape index (κ1) is 21.3. The van der Waals surface area contributed by atoms with E-state index >= 15 is 0 Å². The number of rotatable bonds is 5. The number of carbonyl (C=O) groups excluding carboxylic acids is 1. The average molecular weight is 439 g/mol. The highest BCUT2D eigenvalue weighted by Gasteiger charge is 2.34. The first-order valence-electron chi connectivity index (χ1n) is 10.2. The van der Waals surface area contributed by atoms with Crippen LogP contribution < -0.4 is 10.1 Å². The van der Waals surface area contributed by atoms with Crippen molar-refractivity contribution >= 4 is 26.7 Å². The van der Waals surface area contributed by atoms with Gasteiger partial charge in [0.15, 0.2) is 0 Å². The van der Waals surface area contributed by atoms with Gasteiger partial charge in [0.2, 0.25) is 15.9 Å². The zero-order valence-electron chi connectivity index (χ0n) is 17.8. The topological polar surface area (TPSA) is 75.7 Å². The van der Waals surface area contributed by atoms with Gasteiger partial charge in [-0.15, -0.1) is 0 Å². The summed E-state index contributed by atoms with van der Waals surface area (Å²) in [4.78, 5) is 12.9. The van der Waals surface area contributed by atoms with Crippen molar-refractivity contribution in [2.75, 3.05) is 13.6 Å². The lowest BCUT2D eigenvalue weighted by molar-refractivity contribution is -0.122. The second kappa shape index (κ2) is 7.98. The fraction of sp³-hybridized carbons (Fsp3) is 0.292. The number of nitrogens with one attached hydrogen (secondary N) is 1. The Morgan fingerprint density at radius 1 is 1.06 bits per heavy atom. The van der Waals surface area contributed by atoms with Gasteiger partial charge in [-0.25, -0.2) is 8.42 Å². The summed E-state index contributed by atoms with van der Waals surface area (Å²) in [5, 5.41) is 4.79. The predicted molar refractivity (Wildman–Crippen MR) is 120 cm³/mol. The van der Waals surface area contributed by atoms with Crippen molar-refractivity contribution in [1.29, 1.82) is 0 Å². The highest BCUT2D eigenvalue weighted by molar-refractivity contribution is 7.89. The molecule has 1 amide bonds. The molecule has 0 spiro atoms. The lowest BCUT2D eigenvalue weighted by atomic mass is 9.89. The first-order valence-corrected chi connectivity index (χ1v) is 11.6. The van der Waals surface area contributed by atoms with Gasteiger partial charge in [0, 0.05) is 19.0 Å². The van der Waals surface area contributed by atoms with E-state index < -0.39 is 15.6 Å². The van der Waals surface area contributed by atoms with E-state index in [9.17, 15) is 13.2 Å². The third-order valence-electron chi connectivity index (χ3n) is 5.51. The third-order valence-corrected chi connectivity index (χ3v) is 7.31. The van der Waals surface area contributed by atoms with Crippen LogP contribution in [0.5, 0.6) is 5.75 Å². The summed E-state index contributed by atoms with van der Waals surface area (Å²) in [7, 11) is -2.38. The molecule has 3 aromatic rings. The Labute approximate surface area is 182 Å². The van der Waals surface area contributed by atoms with Crippen LogP contribution in [0.15, 0.2) is 71.6 Å². The van der Waals surface area contributed by atoms with Crippen molar-refractivity contribution in [3.05, 3.63) is 72.3 Å². The molecule has 162 valence electrons. The Hall–Kier alpha value is -2.90. The van der Waals surface area contributed by atoms with Crippen LogP contribution in [-0.4, -0.2) is 37.8 Å². The number of para-hydroxylation sites is 1. The van der Waals surface area contributed by atoms with Crippen molar-refractivity contribution in [2.24, 2.45) is 0 Å². The minimum Gasteiger partial charge on any atom is -0.487 e. The SMILES string of the molecule is CN(CC(=O)NC1CC(C)(C)Oc2ccccc21)S(=O)(=O)c1ccc2ccccc2c1. The molecule has 0 aromatic heterocycles. The number of ether oxygens (including phenoxy) is 1. The molecule has 0 bridgehead atoms. The number of sulfonamides is 1. The molecule has 31 heavy (non-hydrogen) atoms. The number of carbonyl (C=O) groups is 1. The van der Waals surface area contributed by atoms with Crippen LogP contribution >= 0.6 is 0 Å². The fourth-order valence-electron chi connectivity index (χ4n) is 3.97. The van der Waals surface area contributed by atoms with E-state index in [1.54, 1.807) is 18.2 Å². The third kappa shape index (κ3) is 4.43. The minimum atomic E-state index is -3.80. The van der Waals surface area contributed by atoms with Gasteiger partial charge in [0.1, 0.15) is 11.4 Å². The van der Waals surface area contributed by atoms with E-state index in [0.29, 0.717) is 6.42 Å². The molecule has 1 N–H and O–H groups in total. The van der Waals surface area contributed by atoms with Crippen LogP contribution in [0.25, 0.3) is 10.8 Å². The van der Waals surface area contributed by atoms with Gasteiger partial charge in [-0.05, 0) is 42.8 Å². The maximum absolute atomic E-state index is 13.0. The van der Waals surface area contributed by atoms with E-state index in [1.165, 1.54) is 7.05 Å². The number of likely N-dealkylation sites (N-methyl/N-ethyl adjacent to an activating group) is 1. The molecule has 0 fully saturated rings. The monoisotopic (exact) mass is 438 g/mol. The number of amides is 1. The average Bonchev–Trinajstić information content (AvgIpc) is 2.72. The molecule has 0 saturated carbocycles. The summed E-state index contributed by atoms with van der Waals surface area (Å²) in [5.41, 5.74) is 0.463. The van der Waals surface area contributed by atoms with Gasteiger partial charge >= 0.3 is 0 Å². The first-order chi connectivity index (χ1) is 14.7. The molecule has 0 aliphatic carbocycles. The quantitative estimate of drug-likeness (QED) is 0.656. The van der Waals surface area contributed by atoms with Crippen LogP contribution in [0.1, 0.15) is 31.9 Å². The molecule has 0 radical (unpaired) electrons. The van der Waals surface area contributed by atoms with Crippen molar-refractivity contribution in [1.82, 2.24) is 9.62 Å². The fourth-order valence-corrected chi connectivity index (χ4v) is 5.13. The molecule has 1 heterocycles. The summed E-state index contributed by atoms with van der Waals surface area (Å²) in [6.07, 6.45) is 0.594. The van der Waals surface area contributed by atoms with E-state index in [1.807, 2.05) is 62.4 Å². The van der Waals surface area contributed by atoms with Gasteiger partial charge in [0.25, 0.3) is 0 Å². The highest BCUT2D eigenvalue weighted by Crippen LogP contribution is 2.39. The molecule has 1 atom stereocenters. The zero-order chi connectivity index (χ0) is 22.2. The van der Waals surface area contributed by atoms with E-state index in [2.05, 4.69) is 5.32 Å². The van der Waals surface area contributed by atoms with Gasteiger partial charge in [-0.1, -0.05) is 48.5 Å². The highest BCUT2D eigenvalue weighted by atomic mass is 32.2. The maximum Gasteiger partial charge on any atom is 0.243 e. The Morgan fingerprint density at radius 2 is 1.74 bits per heavy atom. The number of hydrogen-bond donors (Lipinski definition) is 1. The Balaban J connectivity index is 1.50. The van der Waals surface area contributed by atoms with Gasteiger partial charge in [0.05, 0.1) is 17.5 Å². The summed E-state index contributed by atoms with van der Waals surface area (Å²) in [6, 6.07) is 19.9. The number of fused-ring (bicyclic) bond motifs is 2. The van der Waals surface area contributed by atoms with Crippen LogP contribution in [0.4, 0.5) is 0 Å². The molecule has 1 unspecified atom stereocenters. The van der Waals surface area contributed by atoms with Crippen molar-refractivity contribution in [3.8, 4) is 5.75 Å². The molecule has 7 heteroatoms. The van der Waals surface area contributed by atoms with Crippen LogP contribution in [0, 0.1) is 0 Å². The van der Waals surface area contributed by atoms with E-state index in [0.717, 1.165) is 26.4 Å². The molecule has 6 nitrogen and oxygen atoms in total. The summed E-state index contributed by atoms with van der Waals surface area (Å²) < 4.78 is 33.1. The summed E-state index contributed by atoms with van der Waals surface area (Å²) in [6.45, 7) is 3.67. The van der Waals surface area contributed by atoms with Crippen molar-refractivity contribution in [2.45, 2.75) is 36.8 Å². The maximum atomic E-state index is 13.0. The van der Waals surface area contributed by atoms with Gasteiger partial charge in [-0.3, -0.25) is 4.79 Å². The van der Waals surface area contributed by atoms with Gasteiger partial charge in [-0.2, -0.15) is 4.31 Å². The predicted octanol–water partition coefficient (Wildman–Crippen LogP) is 3.88. The van der Waals surface area contributed by atoms with Crippen LogP contribution in [-0.2, 0) is 14.8 Å². The van der Waals surface area contributed by atoms with Crippen molar-refractivity contribution < 1.29 is 17.9 Å². The molecule has 1 aliphatic heterocycles.